The molecule has 0 spiro atoms. The molecule has 1 saturated heterocycles. The predicted octanol–water partition coefficient (Wildman–Crippen LogP) is 3.06. The van der Waals surface area contributed by atoms with Crippen LogP contribution in [0.4, 0.5) is 11.4 Å². The first kappa shape index (κ1) is 15.5. The first-order chi connectivity index (χ1) is 12.1. The molecule has 2 atom stereocenters. The van der Waals surface area contributed by atoms with Gasteiger partial charge in [0, 0.05) is 0 Å². The van der Waals surface area contributed by atoms with Gasteiger partial charge in [0.15, 0.2) is 12.1 Å². The zero-order chi connectivity index (χ0) is 17.6. The van der Waals surface area contributed by atoms with Crippen molar-refractivity contribution >= 4 is 23.2 Å². The average Bonchev–Trinajstić information content (AvgIpc) is 3.16. The van der Waals surface area contributed by atoms with Crippen molar-refractivity contribution in [2.45, 2.75) is 32.4 Å². The van der Waals surface area contributed by atoms with Gasteiger partial charge in [-0.05, 0) is 48.7 Å². The number of imide groups is 1. The molecule has 2 amide bonds. The van der Waals surface area contributed by atoms with Gasteiger partial charge in [0.25, 0.3) is 11.8 Å². The second-order valence-electron chi connectivity index (χ2n) is 6.31. The average molecular weight is 334 g/mol. The van der Waals surface area contributed by atoms with Crippen molar-refractivity contribution in [1.29, 1.82) is 0 Å². The van der Waals surface area contributed by atoms with Crippen LogP contribution >= 0.6 is 0 Å². The first-order valence-corrected chi connectivity index (χ1v) is 8.33. The van der Waals surface area contributed by atoms with E-state index in [0.29, 0.717) is 5.69 Å². The summed E-state index contributed by atoms with van der Waals surface area (Å²) in [7, 11) is 0. The molecule has 0 N–H and O–H groups in total. The minimum absolute atomic E-state index is 0.286. The zero-order valence-electron chi connectivity index (χ0n) is 14.1. The molecule has 126 valence electrons. The third kappa shape index (κ3) is 2.41. The molecule has 0 saturated carbocycles. The van der Waals surface area contributed by atoms with Crippen LogP contribution in [0.3, 0.4) is 0 Å². The molecule has 0 aliphatic carbocycles. The van der Waals surface area contributed by atoms with E-state index in [1.807, 2.05) is 55.5 Å². The molecule has 0 aromatic heterocycles. The second-order valence-corrected chi connectivity index (χ2v) is 6.31. The van der Waals surface area contributed by atoms with E-state index >= 15 is 0 Å². The Balaban J connectivity index is 1.68. The first-order valence-electron chi connectivity index (χ1n) is 8.33. The standard InChI is InChI=1S/C19H18N4O2/c1-3-13-7-9-14(10-8-13)22-18(24)16-17(19(22)25)23(21-20-16)15-6-4-5-12(2)11-15/h4-11,16-17H,3H2,1-2H3/t16-,17-/m1/s1. The topological polar surface area (TPSA) is 65.3 Å². The molecule has 25 heavy (non-hydrogen) atoms. The maximum Gasteiger partial charge on any atom is 0.263 e. The quantitative estimate of drug-likeness (QED) is 0.810. The van der Waals surface area contributed by atoms with Crippen LogP contribution in [0, 0.1) is 6.92 Å². The molecule has 0 unspecified atom stereocenters. The van der Waals surface area contributed by atoms with Crippen LogP contribution in [-0.4, -0.2) is 23.9 Å². The lowest BCUT2D eigenvalue weighted by Gasteiger charge is -2.21. The molecule has 2 heterocycles. The highest BCUT2D eigenvalue weighted by molar-refractivity contribution is 6.26. The Kier molecular flexibility index (Phi) is 3.60. The number of nitrogens with zero attached hydrogens (tertiary/aromatic N) is 4. The molecular weight excluding hydrogens is 316 g/mol. The molecule has 1 fully saturated rings. The Hall–Kier alpha value is -3.02. The van der Waals surface area contributed by atoms with Crippen molar-refractivity contribution in [3.8, 4) is 0 Å². The summed E-state index contributed by atoms with van der Waals surface area (Å²) in [6.45, 7) is 4.03. The van der Waals surface area contributed by atoms with Crippen molar-refractivity contribution in [3.05, 3.63) is 59.7 Å². The molecule has 0 radical (unpaired) electrons. The number of hydrogen-bond acceptors (Lipinski definition) is 5. The van der Waals surface area contributed by atoms with Gasteiger partial charge in [-0.2, -0.15) is 5.11 Å². The number of fused-ring (bicyclic) bond motifs is 1. The fraction of sp³-hybridized carbons (Fsp3) is 0.263. The fourth-order valence-electron chi connectivity index (χ4n) is 3.28. The molecule has 6 nitrogen and oxygen atoms in total. The normalized spacial score (nSPS) is 22.0. The van der Waals surface area contributed by atoms with Crippen LogP contribution in [0.1, 0.15) is 18.1 Å². The minimum Gasteiger partial charge on any atom is -0.271 e. The van der Waals surface area contributed by atoms with Crippen molar-refractivity contribution < 1.29 is 9.59 Å². The van der Waals surface area contributed by atoms with E-state index in [2.05, 4.69) is 17.3 Å². The number of carbonyl (C=O) groups excluding carboxylic acids is 2. The summed E-state index contributed by atoms with van der Waals surface area (Å²) in [4.78, 5) is 26.9. The number of carbonyl (C=O) groups is 2. The maximum atomic E-state index is 13.0. The van der Waals surface area contributed by atoms with E-state index in [-0.39, 0.29) is 11.8 Å². The van der Waals surface area contributed by atoms with Crippen LogP contribution in [-0.2, 0) is 16.0 Å². The smallest absolute Gasteiger partial charge is 0.263 e. The highest BCUT2D eigenvalue weighted by atomic mass is 16.2. The van der Waals surface area contributed by atoms with Crippen molar-refractivity contribution in [2.75, 3.05) is 9.91 Å². The summed E-state index contributed by atoms with van der Waals surface area (Å²) >= 11 is 0. The summed E-state index contributed by atoms with van der Waals surface area (Å²) in [6, 6.07) is 13.7. The summed E-state index contributed by atoms with van der Waals surface area (Å²) in [6.07, 6.45) is 0.906. The van der Waals surface area contributed by atoms with E-state index in [9.17, 15) is 9.59 Å². The molecule has 2 aliphatic rings. The summed E-state index contributed by atoms with van der Waals surface area (Å²) in [5.74, 6) is -0.607. The molecule has 6 heteroatoms. The Morgan fingerprint density at radius 2 is 1.76 bits per heavy atom. The van der Waals surface area contributed by atoms with Gasteiger partial charge in [-0.3, -0.25) is 9.59 Å². The lowest BCUT2D eigenvalue weighted by Crippen LogP contribution is -2.39. The molecule has 2 aromatic carbocycles. The third-order valence-corrected chi connectivity index (χ3v) is 4.65. The highest BCUT2D eigenvalue weighted by Crippen LogP contribution is 2.35. The van der Waals surface area contributed by atoms with Crippen LogP contribution in [0.15, 0.2) is 58.9 Å². The number of anilines is 2. The minimum atomic E-state index is -0.779. The van der Waals surface area contributed by atoms with Gasteiger partial charge in [-0.25, -0.2) is 9.91 Å². The van der Waals surface area contributed by atoms with E-state index in [4.69, 9.17) is 0 Å². The SMILES string of the molecule is CCc1ccc(N2C(=O)[C@@H]3N=NN(c4cccc(C)c4)[C@H]3C2=O)cc1. The molecule has 2 aromatic rings. The Morgan fingerprint density at radius 3 is 2.44 bits per heavy atom. The number of benzene rings is 2. The van der Waals surface area contributed by atoms with E-state index in [0.717, 1.165) is 23.2 Å². The zero-order valence-corrected chi connectivity index (χ0v) is 14.1. The Morgan fingerprint density at radius 1 is 1.00 bits per heavy atom. The van der Waals surface area contributed by atoms with Crippen molar-refractivity contribution in [3.63, 3.8) is 0 Å². The predicted molar refractivity (Wildman–Crippen MR) is 94.4 cm³/mol. The van der Waals surface area contributed by atoms with Crippen LogP contribution < -0.4 is 9.91 Å². The van der Waals surface area contributed by atoms with E-state index in [1.165, 1.54) is 4.90 Å². The summed E-state index contributed by atoms with van der Waals surface area (Å²) in [5, 5.41) is 9.70. The molecule has 4 rings (SSSR count). The maximum absolute atomic E-state index is 13.0. The van der Waals surface area contributed by atoms with Gasteiger partial charge in [-0.15, -0.1) is 0 Å². The summed E-state index contributed by atoms with van der Waals surface area (Å²) < 4.78 is 0. The number of rotatable bonds is 3. The van der Waals surface area contributed by atoms with Crippen LogP contribution in [0.25, 0.3) is 0 Å². The lowest BCUT2D eigenvalue weighted by atomic mass is 10.1. The summed E-state index contributed by atoms with van der Waals surface area (Å²) in [5.41, 5.74) is 3.56. The largest absolute Gasteiger partial charge is 0.271 e. The van der Waals surface area contributed by atoms with Crippen molar-refractivity contribution in [2.24, 2.45) is 10.3 Å². The monoisotopic (exact) mass is 334 g/mol. The van der Waals surface area contributed by atoms with E-state index < -0.39 is 12.1 Å². The van der Waals surface area contributed by atoms with Gasteiger partial charge in [-0.1, -0.05) is 36.4 Å². The van der Waals surface area contributed by atoms with Gasteiger partial charge in [0.1, 0.15) is 0 Å². The van der Waals surface area contributed by atoms with Crippen LogP contribution in [0.2, 0.25) is 0 Å². The van der Waals surface area contributed by atoms with E-state index in [1.54, 1.807) is 5.01 Å². The van der Waals surface area contributed by atoms with Gasteiger partial charge in [0.05, 0.1) is 11.4 Å². The Labute approximate surface area is 145 Å². The number of amides is 2. The number of hydrogen-bond donors (Lipinski definition) is 0. The Bertz CT molecular complexity index is 875. The van der Waals surface area contributed by atoms with Gasteiger partial charge >= 0.3 is 0 Å². The fourth-order valence-corrected chi connectivity index (χ4v) is 3.28. The third-order valence-electron chi connectivity index (χ3n) is 4.65. The molecule has 2 aliphatic heterocycles. The number of aryl methyl sites for hydroxylation is 2. The van der Waals surface area contributed by atoms with Crippen LogP contribution in [0.5, 0.6) is 0 Å². The van der Waals surface area contributed by atoms with Crippen molar-refractivity contribution in [1.82, 2.24) is 0 Å². The molecular formula is C19H18N4O2. The second kappa shape index (κ2) is 5.81. The molecule has 0 bridgehead atoms. The van der Waals surface area contributed by atoms with Gasteiger partial charge < -0.3 is 0 Å². The highest BCUT2D eigenvalue weighted by Gasteiger charge is 2.55. The van der Waals surface area contributed by atoms with Gasteiger partial charge in [0.2, 0.25) is 0 Å². The lowest BCUT2D eigenvalue weighted by molar-refractivity contribution is -0.121.